The fraction of sp³-hybridized carbons (Fsp3) is 0.214. The minimum Gasteiger partial charge on any atom is -0.364 e. The maximum Gasteiger partial charge on any atom is 0.287 e. The number of nitro groups is 1. The number of likely N-dealkylation sites (N-methyl/N-ethyl adjacent to an activating group) is 1. The van der Waals surface area contributed by atoms with Gasteiger partial charge in [-0.05, 0) is 19.1 Å². The van der Waals surface area contributed by atoms with Gasteiger partial charge in [0.1, 0.15) is 0 Å². The minimum absolute atomic E-state index is 0.101. The van der Waals surface area contributed by atoms with E-state index in [0.717, 1.165) is 5.69 Å². The second-order valence-corrected chi connectivity index (χ2v) is 4.30. The van der Waals surface area contributed by atoms with Crippen LogP contribution in [0.1, 0.15) is 17.4 Å². The van der Waals surface area contributed by atoms with Crippen molar-refractivity contribution < 1.29 is 9.72 Å². The van der Waals surface area contributed by atoms with Crippen LogP contribution >= 0.6 is 0 Å². The average molecular weight is 273 g/mol. The summed E-state index contributed by atoms with van der Waals surface area (Å²) in [6, 6.07) is 10.8. The summed E-state index contributed by atoms with van der Waals surface area (Å²) in [6.07, 6.45) is 1.23. The van der Waals surface area contributed by atoms with Gasteiger partial charge < -0.3 is 9.88 Å². The molecule has 0 spiro atoms. The van der Waals surface area contributed by atoms with Crippen molar-refractivity contribution in [1.29, 1.82) is 0 Å². The van der Waals surface area contributed by atoms with E-state index >= 15 is 0 Å². The van der Waals surface area contributed by atoms with E-state index in [9.17, 15) is 14.9 Å². The molecule has 1 aromatic heterocycles. The molecule has 0 amide bonds. The van der Waals surface area contributed by atoms with E-state index < -0.39 is 4.92 Å². The second-order valence-electron chi connectivity index (χ2n) is 4.30. The maximum atomic E-state index is 12.1. The molecule has 104 valence electrons. The summed E-state index contributed by atoms with van der Waals surface area (Å²) in [5.74, 6) is -0.177. The average Bonchev–Trinajstić information content (AvgIpc) is 2.95. The molecule has 0 bridgehead atoms. The lowest BCUT2D eigenvalue weighted by Gasteiger charge is -2.21. The first-order chi connectivity index (χ1) is 9.61. The Bertz CT molecular complexity index is 607. The van der Waals surface area contributed by atoms with Crippen LogP contribution in [0, 0.1) is 10.1 Å². The van der Waals surface area contributed by atoms with E-state index in [-0.39, 0.29) is 23.7 Å². The van der Waals surface area contributed by atoms with Crippen molar-refractivity contribution in [3.05, 3.63) is 58.4 Å². The van der Waals surface area contributed by atoms with Crippen LogP contribution < -0.4 is 4.90 Å². The zero-order valence-electron chi connectivity index (χ0n) is 11.1. The first-order valence-electron chi connectivity index (χ1n) is 6.27. The Morgan fingerprint density at radius 1 is 1.35 bits per heavy atom. The maximum absolute atomic E-state index is 12.1. The van der Waals surface area contributed by atoms with Crippen LogP contribution in [0.2, 0.25) is 0 Å². The molecule has 1 N–H and O–H groups in total. The van der Waals surface area contributed by atoms with Crippen LogP contribution in [-0.4, -0.2) is 28.8 Å². The molecule has 0 unspecified atom stereocenters. The van der Waals surface area contributed by atoms with Crippen molar-refractivity contribution in [2.45, 2.75) is 6.92 Å². The summed E-state index contributed by atoms with van der Waals surface area (Å²) in [5, 5.41) is 10.6. The number of benzene rings is 1. The van der Waals surface area contributed by atoms with Crippen molar-refractivity contribution in [3.8, 4) is 0 Å². The number of H-pyrrole nitrogens is 1. The molecule has 0 saturated heterocycles. The Labute approximate surface area is 116 Å². The fourth-order valence-corrected chi connectivity index (χ4v) is 1.93. The highest BCUT2D eigenvalue weighted by atomic mass is 16.6. The zero-order valence-corrected chi connectivity index (χ0v) is 11.1. The molecule has 2 rings (SSSR count). The van der Waals surface area contributed by atoms with Crippen LogP contribution in [0.4, 0.5) is 11.4 Å². The van der Waals surface area contributed by atoms with E-state index in [1.54, 1.807) is 0 Å². The van der Waals surface area contributed by atoms with Gasteiger partial charge in [-0.3, -0.25) is 14.9 Å². The predicted octanol–water partition coefficient (Wildman–Crippen LogP) is 2.63. The number of carbonyl (C=O) groups is 1. The van der Waals surface area contributed by atoms with E-state index in [0.29, 0.717) is 6.54 Å². The largest absolute Gasteiger partial charge is 0.364 e. The third kappa shape index (κ3) is 3.03. The van der Waals surface area contributed by atoms with Gasteiger partial charge in [-0.2, -0.15) is 0 Å². The molecule has 6 nitrogen and oxygen atoms in total. The number of aromatic amines is 1. The van der Waals surface area contributed by atoms with Crippen molar-refractivity contribution in [2.24, 2.45) is 0 Å². The van der Waals surface area contributed by atoms with Crippen molar-refractivity contribution >= 4 is 17.2 Å². The lowest BCUT2D eigenvalue weighted by Crippen LogP contribution is -2.29. The van der Waals surface area contributed by atoms with Crippen LogP contribution in [0.3, 0.4) is 0 Å². The molecule has 6 heteroatoms. The summed E-state index contributed by atoms with van der Waals surface area (Å²) in [4.78, 5) is 26.8. The standard InChI is InChI=1S/C14H15N3O3/c1-2-16(11-6-4-3-5-7-11)10-14(18)13-8-12(9-15-13)17(19)20/h3-9,15H,2,10H2,1H3. The highest BCUT2D eigenvalue weighted by molar-refractivity contribution is 5.98. The number of rotatable bonds is 6. The first-order valence-corrected chi connectivity index (χ1v) is 6.27. The van der Waals surface area contributed by atoms with Gasteiger partial charge in [0.25, 0.3) is 5.69 Å². The predicted molar refractivity (Wildman–Crippen MR) is 76.1 cm³/mol. The third-order valence-electron chi connectivity index (χ3n) is 3.02. The van der Waals surface area contributed by atoms with Crippen molar-refractivity contribution in [1.82, 2.24) is 4.98 Å². The number of Topliss-reactive ketones (excluding diaryl/α,β-unsaturated/α-hetero) is 1. The van der Waals surface area contributed by atoms with Crippen LogP contribution in [0.25, 0.3) is 0 Å². The molecule has 20 heavy (non-hydrogen) atoms. The Hall–Kier alpha value is -2.63. The highest BCUT2D eigenvalue weighted by Gasteiger charge is 2.17. The number of hydrogen-bond donors (Lipinski definition) is 1. The molecule has 0 fully saturated rings. The molecule has 0 atom stereocenters. The molecule has 0 aliphatic carbocycles. The molecule has 0 radical (unpaired) electrons. The van der Waals surface area contributed by atoms with E-state index in [2.05, 4.69) is 4.98 Å². The fourth-order valence-electron chi connectivity index (χ4n) is 1.93. The summed E-state index contributed by atoms with van der Waals surface area (Å²) in [5.41, 5.74) is 1.10. The lowest BCUT2D eigenvalue weighted by atomic mass is 10.2. The van der Waals surface area contributed by atoms with E-state index in [1.165, 1.54) is 12.3 Å². The molecular weight excluding hydrogens is 258 g/mol. The molecule has 1 aromatic carbocycles. The number of ketones is 1. The van der Waals surface area contributed by atoms with Gasteiger partial charge >= 0.3 is 0 Å². The monoisotopic (exact) mass is 273 g/mol. The van der Waals surface area contributed by atoms with Crippen molar-refractivity contribution in [3.63, 3.8) is 0 Å². The quantitative estimate of drug-likeness (QED) is 0.498. The third-order valence-corrected chi connectivity index (χ3v) is 3.02. The summed E-state index contributed by atoms with van der Waals surface area (Å²) >= 11 is 0. The zero-order chi connectivity index (χ0) is 14.5. The summed E-state index contributed by atoms with van der Waals surface area (Å²) < 4.78 is 0. The Balaban J connectivity index is 2.11. The van der Waals surface area contributed by atoms with Gasteiger partial charge in [-0.25, -0.2) is 0 Å². The van der Waals surface area contributed by atoms with Gasteiger partial charge in [0.15, 0.2) is 5.78 Å². The number of anilines is 1. The Kier molecular flexibility index (Phi) is 4.14. The number of nitrogens with one attached hydrogen (secondary N) is 1. The number of nitrogens with zero attached hydrogens (tertiary/aromatic N) is 2. The Morgan fingerprint density at radius 2 is 2.05 bits per heavy atom. The molecular formula is C14H15N3O3. The molecule has 2 aromatic rings. The van der Waals surface area contributed by atoms with Crippen LogP contribution in [0.5, 0.6) is 0 Å². The van der Waals surface area contributed by atoms with Gasteiger partial charge in [0.2, 0.25) is 0 Å². The molecule has 0 aliphatic heterocycles. The van der Waals surface area contributed by atoms with Crippen molar-refractivity contribution in [2.75, 3.05) is 18.0 Å². The highest BCUT2D eigenvalue weighted by Crippen LogP contribution is 2.16. The van der Waals surface area contributed by atoms with E-state index in [1.807, 2.05) is 42.2 Å². The van der Waals surface area contributed by atoms with E-state index in [4.69, 9.17) is 0 Å². The second kappa shape index (κ2) is 6.01. The molecule has 1 heterocycles. The van der Waals surface area contributed by atoms with Gasteiger partial charge in [0, 0.05) is 18.3 Å². The molecule has 0 saturated carbocycles. The summed E-state index contributed by atoms with van der Waals surface area (Å²) in [7, 11) is 0. The topological polar surface area (TPSA) is 79.2 Å². The number of para-hydroxylation sites is 1. The number of carbonyl (C=O) groups excluding carboxylic acids is 1. The van der Waals surface area contributed by atoms with Crippen LogP contribution in [0.15, 0.2) is 42.6 Å². The number of hydrogen-bond acceptors (Lipinski definition) is 4. The summed E-state index contributed by atoms with van der Waals surface area (Å²) in [6.45, 7) is 2.81. The number of aromatic nitrogens is 1. The van der Waals surface area contributed by atoms with Gasteiger partial charge in [-0.1, -0.05) is 18.2 Å². The first kappa shape index (κ1) is 13.8. The lowest BCUT2D eigenvalue weighted by molar-refractivity contribution is -0.384. The van der Waals surface area contributed by atoms with Crippen LogP contribution in [-0.2, 0) is 0 Å². The minimum atomic E-state index is -0.526. The SMILES string of the molecule is CCN(CC(=O)c1cc([N+](=O)[O-])c[nH]1)c1ccccc1. The Morgan fingerprint density at radius 3 is 2.60 bits per heavy atom. The molecule has 0 aliphatic rings. The van der Waals surface area contributed by atoms with Gasteiger partial charge in [0.05, 0.1) is 23.4 Å². The smallest absolute Gasteiger partial charge is 0.287 e. The van der Waals surface area contributed by atoms with Gasteiger partial charge in [-0.15, -0.1) is 0 Å². The normalized spacial score (nSPS) is 10.2.